The second-order valence-electron chi connectivity index (χ2n) is 10.4. The molecule has 2 heterocycles. The van der Waals surface area contributed by atoms with Crippen LogP contribution < -0.4 is 59.1 Å². The van der Waals surface area contributed by atoms with E-state index in [-0.39, 0.29) is 68.9 Å². The number of aryl methyl sites for hydroxylation is 4. The zero-order chi connectivity index (χ0) is 30.1. The molecule has 8 nitrogen and oxygen atoms in total. The minimum absolute atomic E-state index is 0. The van der Waals surface area contributed by atoms with E-state index in [2.05, 4.69) is 0 Å². The van der Waals surface area contributed by atoms with Gasteiger partial charge in [0.2, 0.25) is 0 Å². The van der Waals surface area contributed by atoms with E-state index in [1.807, 2.05) is 62.4 Å². The molecule has 2 aromatic heterocycles. The molecule has 0 saturated heterocycles. The molecular weight excluding hydrogens is 622 g/mol. The molecule has 0 N–H and O–H groups in total. The molecule has 0 aliphatic heterocycles. The maximum Gasteiger partial charge on any atom is 1.00 e. The van der Waals surface area contributed by atoms with Crippen LogP contribution in [0.15, 0.2) is 91.4 Å². The monoisotopic (exact) mass is 646 g/mol. The Bertz CT molecular complexity index is 2100. The molecule has 44 heavy (non-hydrogen) atoms. The van der Waals surface area contributed by atoms with Gasteiger partial charge >= 0.3 is 59.1 Å². The van der Waals surface area contributed by atoms with E-state index < -0.39 is 20.2 Å². The first kappa shape index (κ1) is 34.6. The topological polar surface area (TPSA) is 141 Å². The van der Waals surface area contributed by atoms with Crippen LogP contribution in [-0.2, 0) is 20.2 Å². The molecule has 0 bridgehead atoms. The molecule has 0 atom stereocenters. The molecule has 4 aromatic carbocycles. The summed E-state index contributed by atoms with van der Waals surface area (Å²) in [5.74, 6) is 1.19. The van der Waals surface area contributed by atoms with Crippen molar-refractivity contribution in [1.82, 2.24) is 0 Å². The number of hydrogen-bond acceptors (Lipinski definition) is 8. The molecule has 0 amide bonds. The molecule has 6 rings (SSSR count). The van der Waals surface area contributed by atoms with Gasteiger partial charge in [-0.15, -0.1) is 0 Å². The molecule has 0 saturated carbocycles. The SMILES string of the molecule is Cc1cc2c(C)c(-c3ccc(-c4ccc(-c5oc6cc(S(=O)(=O)[O-])c(C)cc6c5C)cc4)cc3)oc2cc1S(=O)(=O)[O-].[Na+].[Na+]. The van der Waals surface area contributed by atoms with Gasteiger partial charge in [-0.3, -0.25) is 0 Å². The van der Waals surface area contributed by atoms with E-state index >= 15 is 0 Å². The average molecular weight is 647 g/mol. The third-order valence-corrected chi connectivity index (χ3v) is 9.59. The quantitative estimate of drug-likeness (QED) is 0.201. The van der Waals surface area contributed by atoms with Crippen molar-refractivity contribution in [2.75, 3.05) is 0 Å². The zero-order valence-corrected chi connectivity index (χ0v) is 30.6. The Morgan fingerprint density at radius 1 is 0.500 bits per heavy atom. The van der Waals surface area contributed by atoms with E-state index in [0.29, 0.717) is 33.8 Å². The summed E-state index contributed by atoms with van der Waals surface area (Å²) in [4.78, 5) is -0.579. The number of furan rings is 2. The predicted octanol–water partition coefficient (Wildman–Crippen LogP) is 1.23. The number of fused-ring (bicyclic) bond motifs is 2. The van der Waals surface area contributed by atoms with Gasteiger partial charge in [0.1, 0.15) is 42.9 Å². The van der Waals surface area contributed by atoms with Crippen LogP contribution in [0.1, 0.15) is 22.3 Å². The first-order chi connectivity index (χ1) is 19.7. The molecule has 6 aromatic rings. The summed E-state index contributed by atoms with van der Waals surface area (Å²) in [5.41, 5.74) is 6.64. The Kier molecular flexibility index (Phi) is 9.86. The Balaban J connectivity index is 0.00000221. The van der Waals surface area contributed by atoms with Gasteiger partial charge in [0, 0.05) is 33.0 Å². The Morgan fingerprint density at radius 2 is 0.795 bits per heavy atom. The van der Waals surface area contributed by atoms with Crippen molar-refractivity contribution >= 4 is 42.2 Å². The smallest absolute Gasteiger partial charge is 0.744 e. The predicted molar refractivity (Wildman–Crippen MR) is 157 cm³/mol. The Morgan fingerprint density at radius 3 is 1.09 bits per heavy atom. The number of hydrogen-bond donors (Lipinski definition) is 0. The third-order valence-electron chi connectivity index (χ3n) is 7.63. The maximum absolute atomic E-state index is 11.6. The van der Waals surface area contributed by atoms with Crippen LogP contribution in [0.25, 0.3) is 55.7 Å². The summed E-state index contributed by atoms with van der Waals surface area (Å²) >= 11 is 0. The van der Waals surface area contributed by atoms with Crippen molar-refractivity contribution in [3.63, 3.8) is 0 Å². The second-order valence-corrected chi connectivity index (χ2v) is 13.1. The first-order valence-electron chi connectivity index (χ1n) is 12.9. The van der Waals surface area contributed by atoms with Crippen LogP contribution in [0.3, 0.4) is 0 Å². The summed E-state index contributed by atoms with van der Waals surface area (Å²) in [6.07, 6.45) is 0. The van der Waals surface area contributed by atoms with Crippen LogP contribution in [0.4, 0.5) is 0 Å². The van der Waals surface area contributed by atoms with Crippen molar-refractivity contribution in [3.05, 3.63) is 95.1 Å². The minimum Gasteiger partial charge on any atom is -0.744 e. The average Bonchev–Trinajstić information content (AvgIpc) is 3.42. The first-order valence-corrected chi connectivity index (χ1v) is 15.7. The van der Waals surface area contributed by atoms with Crippen molar-refractivity contribution in [2.24, 2.45) is 0 Å². The fourth-order valence-corrected chi connectivity index (χ4v) is 6.84. The molecule has 0 spiro atoms. The van der Waals surface area contributed by atoms with Crippen molar-refractivity contribution in [2.45, 2.75) is 37.5 Å². The second kappa shape index (κ2) is 12.5. The molecule has 0 radical (unpaired) electrons. The van der Waals surface area contributed by atoms with Gasteiger partial charge in [-0.1, -0.05) is 48.5 Å². The van der Waals surface area contributed by atoms with Crippen LogP contribution >= 0.6 is 0 Å². The Labute approximate surface area is 299 Å². The van der Waals surface area contributed by atoms with Crippen LogP contribution in [-0.4, -0.2) is 25.9 Å². The van der Waals surface area contributed by atoms with Gasteiger partial charge in [-0.05, 0) is 74.2 Å². The van der Waals surface area contributed by atoms with Crippen LogP contribution in [0.2, 0.25) is 0 Å². The molecule has 0 aliphatic rings. The normalized spacial score (nSPS) is 11.9. The van der Waals surface area contributed by atoms with Crippen LogP contribution in [0.5, 0.6) is 0 Å². The van der Waals surface area contributed by atoms with E-state index in [1.165, 1.54) is 12.1 Å². The van der Waals surface area contributed by atoms with Crippen LogP contribution in [0, 0.1) is 27.7 Å². The van der Waals surface area contributed by atoms with Crippen molar-refractivity contribution in [1.29, 1.82) is 0 Å². The van der Waals surface area contributed by atoms with E-state index in [4.69, 9.17) is 8.83 Å². The van der Waals surface area contributed by atoms with E-state index in [0.717, 1.165) is 44.2 Å². The molecule has 12 heteroatoms. The molecule has 0 unspecified atom stereocenters. The fraction of sp³-hybridized carbons (Fsp3) is 0.125. The Hall–Kier alpha value is -2.22. The summed E-state index contributed by atoms with van der Waals surface area (Å²) in [7, 11) is -9.24. The summed E-state index contributed by atoms with van der Waals surface area (Å²) in [6.45, 7) is 6.95. The maximum atomic E-state index is 11.6. The summed E-state index contributed by atoms with van der Waals surface area (Å²) < 4.78 is 81.7. The van der Waals surface area contributed by atoms with Crippen molar-refractivity contribution in [3.8, 4) is 33.8 Å². The van der Waals surface area contributed by atoms with Gasteiger partial charge in [0.25, 0.3) is 0 Å². The van der Waals surface area contributed by atoms with E-state index in [1.54, 1.807) is 26.0 Å². The minimum atomic E-state index is -4.62. The van der Waals surface area contributed by atoms with Gasteiger partial charge in [-0.2, -0.15) is 0 Å². The standard InChI is InChI=1S/C32H26O8S2.2Na/c1-17-13-25-19(3)31(39-27(25)15-29(17)41(33,34)35)23-9-5-21(6-10-23)22-7-11-24(12-8-22)32-20(4)26-14-18(2)30(42(36,37)38)16-28(26)40-32;;/h5-16H,1-4H3,(H,33,34,35)(H,36,37,38);;/q;2*+1/p-2. The van der Waals surface area contributed by atoms with Gasteiger partial charge < -0.3 is 17.9 Å². The number of rotatable bonds is 5. The third kappa shape index (κ3) is 6.26. The number of benzene rings is 4. The molecular formula is C32H24Na2O8S2. The summed E-state index contributed by atoms with van der Waals surface area (Å²) in [5, 5.41) is 1.49. The van der Waals surface area contributed by atoms with E-state index in [9.17, 15) is 25.9 Å². The molecule has 0 aliphatic carbocycles. The molecule has 0 fully saturated rings. The summed E-state index contributed by atoms with van der Waals surface area (Å²) in [6, 6.07) is 21.4. The van der Waals surface area contributed by atoms with Crippen molar-refractivity contribution < 1.29 is 93.9 Å². The van der Waals surface area contributed by atoms with Gasteiger partial charge in [0.15, 0.2) is 0 Å². The van der Waals surface area contributed by atoms with Gasteiger partial charge in [-0.25, -0.2) is 16.8 Å². The largest absolute Gasteiger partial charge is 1.00 e. The fourth-order valence-electron chi connectivity index (χ4n) is 5.43. The molecule has 214 valence electrons. The van der Waals surface area contributed by atoms with Gasteiger partial charge in [0.05, 0.1) is 9.79 Å². The zero-order valence-electron chi connectivity index (χ0n) is 25.0.